The van der Waals surface area contributed by atoms with Crippen molar-refractivity contribution in [3.63, 3.8) is 0 Å². The number of methoxy groups -OCH3 is 1. The van der Waals surface area contributed by atoms with Crippen LogP contribution in [0.15, 0.2) is 24.8 Å². The summed E-state index contributed by atoms with van der Waals surface area (Å²) in [5.41, 5.74) is 1.00. The molecule has 0 aliphatic carbocycles. The summed E-state index contributed by atoms with van der Waals surface area (Å²) in [6, 6.07) is 0. The highest BCUT2D eigenvalue weighted by atomic mass is 16.5. The van der Waals surface area contributed by atoms with Gasteiger partial charge in [0.15, 0.2) is 0 Å². The monoisotopic (exact) mass is 196 g/mol. The van der Waals surface area contributed by atoms with E-state index in [1.165, 1.54) is 32.1 Å². The van der Waals surface area contributed by atoms with Gasteiger partial charge in [-0.25, -0.2) is 0 Å². The van der Waals surface area contributed by atoms with Gasteiger partial charge in [0.05, 0.1) is 6.10 Å². The highest BCUT2D eigenvalue weighted by Crippen LogP contribution is 2.14. The third-order valence-electron chi connectivity index (χ3n) is 2.53. The quantitative estimate of drug-likeness (QED) is 0.398. The van der Waals surface area contributed by atoms with Crippen molar-refractivity contribution in [2.45, 2.75) is 51.6 Å². The number of rotatable bonds is 9. The number of unbranched alkanes of at least 4 members (excludes halogenated alkanes) is 4. The summed E-state index contributed by atoms with van der Waals surface area (Å²) < 4.78 is 5.34. The second-order valence-electron chi connectivity index (χ2n) is 3.71. The Morgan fingerprint density at radius 1 is 1.29 bits per heavy atom. The molecule has 1 heteroatoms. The first-order valence-electron chi connectivity index (χ1n) is 5.60. The fraction of sp³-hybridized carbons (Fsp3) is 0.692. The molecule has 0 heterocycles. The van der Waals surface area contributed by atoms with Gasteiger partial charge in [0.25, 0.3) is 0 Å². The van der Waals surface area contributed by atoms with Crippen LogP contribution in [-0.2, 0) is 4.74 Å². The molecule has 0 bridgehead atoms. The SMILES string of the molecule is C=CC(=C)C(CCCCCCC)OC. The molecule has 1 atom stereocenters. The van der Waals surface area contributed by atoms with Gasteiger partial charge in [-0.2, -0.15) is 0 Å². The van der Waals surface area contributed by atoms with E-state index in [-0.39, 0.29) is 6.10 Å². The Balaban J connectivity index is 3.52. The van der Waals surface area contributed by atoms with Gasteiger partial charge < -0.3 is 4.74 Å². The van der Waals surface area contributed by atoms with Crippen LogP contribution < -0.4 is 0 Å². The average Bonchev–Trinajstić information content (AvgIpc) is 2.22. The molecule has 0 aliphatic rings. The van der Waals surface area contributed by atoms with E-state index in [9.17, 15) is 0 Å². The van der Waals surface area contributed by atoms with Crippen molar-refractivity contribution in [3.8, 4) is 0 Å². The Morgan fingerprint density at radius 2 is 1.93 bits per heavy atom. The minimum Gasteiger partial charge on any atom is -0.377 e. The Labute approximate surface area is 88.9 Å². The van der Waals surface area contributed by atoms with E-state index in [4.69, 9.17) is 4.74 Å². The van der Waals surface area contributed by atoms with Crippen LogP contribution in [0.2, 0.25) is 0 Å². The summed E-state index contributed by atoms with van der Waals surface area (Å²) in [4.78, 5) is 0. The van der Waals surface area contributed by atoms with E-state index in [1.54, 1.807) is 13.2 Å². The zero-order chi connectivity index (χ0) is 10.8. The molecule has 1 nitrogen and oxygen atoms in total. The molecule has 0 aromatic carbocycles. The zero-order valence-corrected chi connectivity index (χ0v) is 9.72. The van der Waals surface area contributed by atoms with Gasteiger partial charge in [0, 0.05) is 7.11 Å². The van der Waals surface area contributed by atoms with E-state index in [0.717, 1.165) is 12.0 Å². The van der Waals surface area contributed by atoms with Crippen molar-refractivity contribution in [1.29, 1.82) is 0 Å². The lowest BCUT2D eigenvalue weighted by Gasteiger charge is -2.15. The van der Waals surface area contributed by atoms with Gasteiger partial charge in [0.1, 0.15) is 0 Å². The summed E-state index contributed by atoms with van der Waals surface area (Å²) in [6.07, 6.45) is 9.56. The van der Waals surface area contributed by atoms with E-state index in [1.807, 2.05) is 0 Å². The van der Waals surface area contributed by atoms with Gasteiger partial charge in [-0.05, 0) is 12.0 Å². The van der Waals surface area contributed by atoms with Crippen LogP contribution >= 0.6 is 0 Å². The molecule has 0 aliphatic heterocycles. The van der Waals surface area contributed by atoms with Crippen LogP contribution in [-0.4, -0.2) is 13.2 Å². The highest BCUT2D eigenvalue weighted by molar-refractivity contribution is 5.16. The Bertz CT molecular complexity index is 161. The Hall–Kier alpha value is -0.560. The molecule has 0 spiro atoms. The minimum atomic E-state index is 0.175. The molecule has 1 unspecified atom stereocenters. The molecule has 0 aromatic heterocycles. The molecular weight excluding hydrogens is 172 g/mol. The van der Waals surface area contributed by atoms with Crippen molar-refractivity contribution < 1.29 is 4.74 Å². The fourth-order valence-corrected chi connectivity index (χ4v) is 1.52. The maximum atomic E-state index is 5.34. The number of ether oxygens (including phenoxy) is 1. The van der Waals surface area contributed by atoms with E-state index >= 15 is 0 Å². The Kier molecular flexibility index (Phi) is 8.65. The Morgan fingerprint density at radius 3 is 2.43 bits per heavy atom. The van der Waals surface area contributed by atoms with Gasteiger partial charge in [-0.1, -0.05) is 58.3 Å². The van der Waals surface area contributed by atoms with Crippen molar-refractivity contribution in [1.82, 2.24) is 0 Å². The van der Waals surface area contributed by atoms with E-state index < -0.39 is 0 Å². The van der Waals surface area contributed by atoms with E-state index in [2.05, 4.69) is 20.1 Å². The molecule has 0 aromatic rings. The van der Waals surface area contributed by atoms with Crippen LogP contribution in [0.5, 0.6) is 0 Å². The zero-order valence-electron chi connectivity index (χ0n) is 9.72. The second-order valence-corrected chi connectivity index (χ2v) is 3.71. The number of hydrogen-bond donors (Lipinski definition) is 0. The van der Waals surface area contributed by atoms with Gasteiger partial charge in [0.2, 0.25) is 0 Å². The maximum Gasteiger partial charge on any atom is 0.0815 e. The second kappa shape index (κ2) is 9.01. The first-order valence-corrected chi connectivity index (χ1v) is 5.60. The van der Waals surface area contributed by atoms with Crippen molar-refractivity contribution in [2.75, 3.05) is 7.11 Å². The summed E-state index contributed by atoms with van der Waals surface area (Å²) in [5.74, 6) is 0. The topological polar surface area (TPSA) is 9.23 Å². The summed E-state index contributed by atoms with van der Waals surface area (Å²) >= 11 is 0. The normalized spacial score (nSPS) is 12.4. The van der Waals surface area contributed by atoms with Gasteiger partial charge >= 0.3 is 0 Å². The van der Waals surface area contributed by atoms with Crippen molar-refractivity contribution in [2.24, 2.45) is 0 Å². The maximum absolute atomic E-state index is 5.34. The molecule has 0 N–H and O–H groups in total. The molecule has 0 amide bonds. The largest absolute Gasteiger partial charge is 0.377 e. The summed E-state index contributed by atoms with van der Waals surface area (Å²) in [7, 11) is 1.74. The minimum absolute atomic E-state index is 0.175. The average molecular weight is 196 g/mol. The molecule has 0 radical (unpaired) electrons. The molecular formula is C13H24O. The third-order valence-corrected chi connectivity index (χ3v) is 2.53. The fourth-order valence-electron chi connectivity index (χ4n) is 1.52. The first-order chi connectivity index (χ1) is 6.76. The van der Waals surface area contributed by atoms with E-state index in [0.29, 0.717) is 0 Å². The smallest absolute Gasteiger partial charge is 0.0815 e. The van der Waals surface area contributed by atoms with Crippen LogP contribution in [0.4, 0.5) is 0 Å². The van der Waals surface area contributed by atoms with Crippen molar-refractivity contribution >= 4 is 0 Å². The lowest BCUT2D eigenvalue weighted by Crippen LogP contribution is -2.11. The molecule has 0 saturated carbocycles. The molecule has 0 fully saturated rings. The molecule has 0 rings (SSSR count). The predicted octanol–water partition coefficient (Wildman–Crippen LogP) is 4.10. The van der Waals surface area contributed by atoms with Crippen LogP contribution in [0.3, 0.4) is 0 Å². The lowest BCUT2D eigenvalue weighted by atomic mass is 10.0. The number of hydrogen-bond acceptors (Lipinski definition) is 1. The molecule has 0 saturated heterocycles. The van der Waals surface area contributed by atoms with Crippen molar-refractivity contribution in [3.05, 3.63) is 24.8 Å². The molecule has 14 heavy (non-hydrogen) atoms. The van der Waals surface area contributed by atoms with Crippen LogP contribution in [0.25, 0.3) is 0 Å². The highest BCUT2D eigenvalue weighted by Gasteiger charge is 2.07. The van der Waals surface area contributed by atoms with Crippen LogP contribution in [0.1, 0.15) is 45.4 Å². The van der Waals surface area contributed by atoms with Gasteiger partial charge in [-0.3, -0.25) is 0 Å². The van der Waals surface area contributed by atoms with Gasteiger partial charge in [-0.15, -0.1) is 0 Å². The van der Waals surface area contributed by atoms with Crippen LogP contribution in [0, 0.1) is 0 Å². The predicted molar refractivity (Wildman–Crippen MR) is 63.5 cm³/mol. The lowest BCUT2D eigenvalue weighted by molar-refractivity contribution is 0.124. The summed E-state index contributed by atoms with van der Waals surface area (Å²) in [5, 5.41) is 0. The molecule has 82 valence electrons. The summed E-state index contributed by atoms with van der Waals surface area (Å²) in [6.45, 7) is 9.86. The third kappa shape index (κ3) is 5.98. The standard InChI is InChI=1S/C13H24O/c1-5-7-8-9-10-11-13(14-4)12(3)6-2/h6,13H,2-3,5,7-11H2,1,4H3. The first kappa shape index (κ1) is 13.4.